The van der Waals surface area contributed by atoms with E-state index in [-0.39, 0.29) is 5.78 Å². The molecule has 76 valence electrons. The van der Waals surface area contributed by atoms with Gasteiger partial charge in [0.25, 0.3) is 0 Å². The second kappa shape index (κ2) is 3.23. The zero-order chi connectivity index (χ0) is 10.3. The van der Waals surface area contributed by atoms with Crippen LogP contribution in [0.2, 0.25) is 0 Å². The SMILES string of the molecule is O=C1C=C(N2CC2c2ccccc2)CC1. The molecular weight excluding hydrogens is 186 g/mol. The topological polar surface area (TPSA) is 20.1 Å². The average Bonchev–Trinajstić information content (AvgIpc) is 2.96. The normalized spacial score (nSPS) is 24.3. The van der Waals surface area contributed by atoms with E-state index in [9.17, 15) is 4.79 Å². The van der Waals surface area contributed by atoms with Crippen molar-refractivity contribution in [2.45, 2.75) is 18.9 Å². The monoisotopic (exact) mass is 199 g/mol. The van der Waals surface area contributed by atoms with Gasteiger partial charge in [-0.15, -0.1) is 0 Å². The maximum absolute atomic E-state index is 11.1. The van der Waals surface area contributed by atoms with E-state index in [2.05, 4.69) is 29.2 Å². The summed E-state index contributed by atoms with van der Waals surface area (Å²) in [6.07, 6.45) is 3.44. The number of ketones is 1. The Kier molecular flexibility index (Phi) is 1.88. The molecule has 1 aromatic carbocycles. The summed E-state index contributed by atoms with van der Waals surface area (Å²) in [4.78, 5) is 13.4. The zero-order valence-electron chi connectivity index (χ0n) is 8.52. The third-order valence-corrected chi connectivity index (χ3v) is 3.12. The lowest BCUT2D eigenvalue weighted by atomic mass is 10.2. The molecule has 1 atom stereocenters. The van der Waals surface area contributed by atoms with Gasteiger partial charge in [-0.2, -0.15) is 0 Å². The van der Waals surface area contributed by atoms with E-state index < -0.39 is 0 Å². The molecule has 0 saturated carbocycles. The Balaban J connectivity index is 1.75. The summed E-state index contributed by atoms with van der Waals surface area (Å²) in [5.74, 6) is 0.281. The van der Waals surface area contributed by atoms with Crippen LogP contribution in [0, 0.1) is 0 Å². The fourth-order valence-corrected chi connectivity index (χ4v) is 2.23. The smallest absolute Gasteiger partial charge is 0.157 e. The average molecular weight is 199 g/mol. The first-order valence-electron chi connectivity index (χ1n) is 5.39. The minimum absolute atomic E-state index is 0.281. The first-order valence-corrected chi connectivity index (χ1v) is 5.39. The summed E-state index contributed by atoms with van der Waals surface area (Å²) in [5, 5.41) is 0. The van der Waals surface area contributed by atoms with Crippen molar-refractivity contribution in [3.63, 3.8) is 0 Å². The molecule has 0 bridgehead atoms. The highest BCUT2D eigenvalue weighted by molar-refractivity contribution is 5.92. The molecule has 2 nitrogen and oxygen atoms in total. The number of carbonyl (C=O) groups is 1. The molecule has 1 fully saturated rings. The van der Waals surface area contributed by atoms with E-state index in [0.29, 0.717) is 12.5 Å². The van der Waals surface area contributed by atoms with Gasteiger partial charge in [0.2, 0.25) is 0 Å². The van der Waals surface area contributed by atoms with Gasteiger partial charge >= 0.3 is 0 Å². The third kappa shape index (κ3) is 1.56. The lowest BCUT2D eigenvalue weighted by molar-refractivity contribution is -0.114. The molecule has 1 aliphatic carbocycles. The van der Waals surface area contributed by atoms with Gasteiger partial charge in [0.15, 0.2) is 5.78 Å². The van der Waals surface area contributed by atoms with Gasteiger partial charge < -0.3 is 4.90 Å². The lowest BCUT2D eigenvalue weighted by Gasteiger charge is -2.05. The summed E-state index contributed by atoms with van der Waals surface area (Å²) < 4.78 is 0. The molecule has 0 amide bonds. The largest absolute Gasteiger partial charge is 0.363 e. The highest BCUT2D eigenvalue weighted by Gasteiger charge is 2.38. The van der Waals surface area contributed by atoms with Crippen molar-refractivity contribution in [2.75, 3.05) is 6.54 Å². The molecule has 15 heavy (non-hydrogen) atoms. The molecule has 1 unspecified atom stereocenters. The first-order chi connectivity index (χ1) is 7.34. The van der Waals surface area contributed by atoms with E-state index in [0.717, 1.165) is 13.0 Å². The highest BCUT2D eigenvalue weighted by Crippen LogP contribution is 2.41. The standard InChI is InChI=1S/C13H13NO/c15-12-7-6-11(8-12)14-9-13(14)10-4-2-1-3-5-10/h1-5,8,13H,6-7,9H2. The minimum Gasteiger partial charge on any atom is -0.363 e. The van der Waals surface area contributed by atoms with Crippen LogP contribution in [0.25, 0.3) is 0 Å². The molecule has 1 aromatic rings. The summed E-state index contributed by atoms with van der Waals surface area (Å²) in [5.41, 5.74) is 2.59. The Morgan fingerprint density at radius 1 is 1.13 bits per heavy atom. The van der Waals surface area contributed by atoms with Crippen LogP contribution in [0.5, 0.6) is 0 Å². The van der Waals surface area contributed by atoms with Gasteiger partial charge in [0.1, 0.15) is 0 Å². The quantitative estimate of drug-likeness (QED) is 0.681. The van der Waals surface area contributed by atoms with Gasteiger partial charge in [0.05, 0.1) is 6.04 Å². The molecule has 0 N–H and O–H groups in total. The lowest BCUT2D eigenvalue weighted by Crippen LogP contribution is -1.95. The molecular formula is C13H13NO. The molecule has 1 aliphatic heterocycles. The van der Waals surface area contributed by atoms with Crippen molar-refractivity contribution in [3.8, 4) is 0 Å². The predicted octanol–water partition coefficient (Wildman–Crippen LogP) is 2.29. The molecule has 2 heteroatoms. The number of carbonyl (C=O) groups excluding carboxylic acids is 1. The number of hydrogen-bond donors (Lipinski definition) is 0. The zero-order valence-corrected chi connectivity index (χ0v) is 8.52. The van der Waals surface area contributed by atoms with Gasteiger partial charge in [-0.1, -0.05) is 30.3 Å². The molecule has 1 saturated heterocycles. The minimum atomic E-state index is 0.281. The Labute approximate surface area is 89.2 Å². The molecule has 0 radical (unpaired) electrons. The van der Waals surface area contributed by atoms with Crippen LogP contribution in [0.1, 0.15) is 24.4 Å². The number of benzene rings is 1. The Hall–Kier alpha value is -1.57. The highest BCUT2D eigenvalue weighted by atomic mass is 16.1. The van der Waals surface area contributed by atoms with E-state index in [1.54, 1.807) is 0 Å². The van der Waals surface area contributed by atoms with Gasteiger partial charge in [-0.3, -0.25) is 4.79 Å². The van der Waals surface area contributed by atoms with Gasteiger partial charge in [-0.05, 0) is 12.0 Å². The van der Waals surface area contributed by atoms with Crippen LogP contribution in [-0.4, -0.2) is 17.2 Å². The van der Waals surface area contributed by atoms with Crippen molar-refractivity contribution in [2.24, 2.45) is 0 Å². The summed E-state index contributed by atoms with van der Waals surface area (Å²) in [6.45, 7) is 1.07. The van der Waals surface area contributed by atoms with E-state index in [1.807, 2.05) is 12.1 Å². The van der Waals surface area contributed by atoms with Crippen LogP contribution >= 0.6 is 0 Å². The second-order valence-electron chi connectivity index (χ2n) is 4.18. The van der Waals surface area contributed by atoms with Gasteiger partial charge in [-0.25, -0.2) is 0 Å². The Morgan fingerprint density at radius 3 is 2.60 bits per heavy atom. The van der Waals surface area contributed by atoms with Crippen LogP contribution in [0.4, 0.5) is 0 Å². The van der Waals surface area contributed by atoms with E-state index >= 15 is 0 Å². The molecule has 2 aliphatic rings. The van der Waals surface area contributed by atoms with Gasteiger partial charge in [0, 0.05) is 24.7 Å². The Bertz CT molecular complexity index is 421. The molecule has 0 spiro atoms. The molecule has 3 rings (SSSR count). The van der Waals surface area contributed by atoms with Crippen molar-refractivity contribution in [1.29, 1.82) is 0 Å². The van der Waals surface area contributed by atoms with E-state index in [4.69, 9.17) is 0 Å². The van der Waals surface area contributed by atoms with E-state index in [1.165, 1.54) is 11.3 Å². The third-order valence-electron chi connectivity index (χ3n) is 3.12. The Morgan fingerprint density at radius 2 is 1.93 bits per heavy atom. The van der Waals surface area contributed by atoms with Crippen molar-refractivity contribution < 1.29 is 4.79 Å². The second-order valence-corrected chi connectivity index (χ2v) is 4.18. The van der Waals surface area contributed by atoms with Crippen LogP contribution < -0.4 is 0 Å². The van der Waals surface area contributed by atoms with Crippen molar-refractivity contribution in [3.05, 3.63) is 47.7 Å². The summed E-state index contributed by atoms with van der Waals surface area (Å²) in [6, 6.07) is 11.0. The van der Waals surface area contributed by atoms with Crippen LogP contribution in [0.3, 0.4) is 0 Å². The molecule has 1 heterocycles. The first kappa shape index (κ1) is 8.72. The van der Waals surface area contributed by atoms with Crippen LogP contribution in [0.15, 0.2) is 42.1 Å². The number of hydrogen-bond acceptors (Lipinski definition) is 2. The number of nitrogens with zero attached hydrogens (tertiary/aromatic N) is 1. The fourth-order valence-electron chi connectivity index (χ4n) is 2.23. The summed E-state index contributed by atoms with van der Waals surface area (Å²) in [7, 11) is 0. The van der Waals surface area contributed by atoms with Crippen molar-refractivity contribution >= 4 is 5.78 Å². The fraction of sp³-hybridized carbons (Fsp3) is 0.308. The maximum atomic E-state index is 11.1. The number of rotatable bonds is 2. The molecule has 0 aromatic heterocycles. The summed E-state index contributed by atoms with van der Waals surface area (Å²) >= 11 is 0. The predicted molar refractivity (Wildman–Crippen MR) is 58.2 cm³/mol. The number of allylic oxidation sites excluding steroid dienone is 2. The van der Waals surface area contributed by atoms with Crippen molar-refractivity contribution in [1.82, 2.24) is 4.90 Å². The maximum Gasteiger partial charge on any atom is 0.157 e. The van der Waals surface area contributed by atoms with Crippen LogP contribution in [-0.2, 0) is 4.79 Å².